The lowest BCUT2D eigenvalue weighted by atomic mass is 10.1. The van der Waals surface area contributed by atoms with E-state index in [0.717, 1.165) is 16.7 Å². The van der Waals surface area contributed by atoms with Crippen molar-refractivity contribution in [3.63, 3.8) is 0 Å². The highest BCUT2D eigenvalue weighted by atomic mass is 35.5. The lowest BCUT2D eigenvalue weighted by Crippen LogP contribution is -2.48. The van der Waals surface area contributed by atoms with Gasteiger partial charge in [-0.3, -0.25) is 9.63 Å². The summed E-state index contributed by atoms with van der Waals surface area (Å²) in [6, 6.07) is 27.9. The number of hydroxylamine groups is 1. The van der Waals surface area contributed by atoms with Gasteiger partial charge in [0.2, 0.25) is 5.91 Å². The molecule has 0 aliphatic carbocycles. The Morgan fingerprint density at radius 2 is 1.43 bits per heavy atom. The summed E-state index contributed by atoms with van der Waals surface area (Å²) in [6.07, 6.45) is 1.33. The van der Waals surface area contributed by atoms with E-state index in [2.05, 4.69) is 16.1 Å². The fraction of sp³-hybridized carbons (Fsp3) is 0.355. The fourth-order valence-corrected chi connectivity index (χ4v) is 4.12. The molecule has 8 nitrogen and oxygen atoms in total. The molecule has 3 aromatic carbocycles. The number of alkyl carbamates (subject to hydrolysis) is 1. The molecule has 0 spiro atoms. The molecule has 0 fully saturated rings. The van der Waals surface area contributed by atoms with Gasteiger partial charge in [-0.15, -0.1) is 11.6 Å². The summed E-state index contributed by atoms with van der Waals surface area (Å²) in [4.78, 5) is 30.6. The third kappa shape index (κ3) is 11.8. The van der Waals surface area contributed by atoms with Crippen LogP contribution in [0.1, 0.15) is 48.3 Å². The highest BCUT2D eigenvalue weighted by Crippen LogP contribution is 2.24. The fourth-order valence-electron chi connectivity index (χ4n) is 3.92. The third-order valence-electron chi connectivity index (χ3n) is 6.12. The Labute approximate surface area is 241 Å². The molecule has 0 radical (unpaired) electrons. The van der Waals surface area contributed by atoms with E-state index in [1.54, 1.807) is 0 Å². The van der Waals surface area contributed by atoms with Crippen LogP contribution in [0.2, 0.25) is 0 Å². The second-order valence-corrected chi connectivity index (χ2v) is 9.83. The molecule has 3 atom stereocenters. The number of carbonyl (C=O) groups is 2. The molecule has 0 aliphatic heterocycles. The van der Waals surface area contributed by atoms with E-state index in [4.69, 9.17) is 25.9 Å². The lowest BCUT2D eigenvalue weighted by molar-refractivity contribution is -0.140. The summed E-state index contributed by atoms with van der Waals surface area (Å²) >= 11 is 6.61. The molecule has 0 aliphatic rings. The van der Waals surface area contributed by atoms with E-state index in [1.165, 1.54) is 0 Å². The summed E-state index contributed by atoms with van der Waals surface area (Å²) < 4.78 is 10.8. The van der Waals surface area contributed by atoms with Crippen molar-refractivity contribution in [1.29, 1.82) is 0 Å². The van der Waals surface area contributed by atoms with Crippen LogP contribution in [-0.2, 0) is 32.3 Å². The van der Waals surface area contributed by atoms with Crippen molar-refractivity contribution in [1.82, 2.24) is 16.1 Å². The normalized spacial score (nSPS) is 13.2. The van der Waals surface area contributed by atoms with Crippen LogP contribution in [0.25, 0.3) is 0 Å². The number of alkyl halides is 1. The van der Waals surface area contributed by atoms with Gasteiger partial charge in [0.05, 0.1) is 12.0 Å². The van der Waals surface area contributed by atoms with Crippen LogP contribution in [-0.4, -0.2) is 37.4 Å². The molecule has 3 N–H and O–H groups in total. The van der Waals surface area contributed by atoms with Crippen molar-refractivity contribution in [3.05, 3.63) is 108 Å². The zero-order chi connectivity index (χ0) is 28.4. The average Bonchev–Trinajstić information content (AvgIpc) is 2.99. The second-order valence-electron chi connectivity index (χ2n) is 9.36. The molecule has 3 aromatic rings. The Morgan fingerprint density at radius 3 is 2.08 bits per heavy atom. The molecule has 40 heavy (non-hydrogen) atoms. The van der Waals surface area contributed by atoms with E-state index in [0.29, 0.717) is 32.4 Å². The number of benzene rings is 3. The van der Waals surface area contributed by atoms with E-state index >= 15 is 0 Å². The number of unbranched alkanes of at least 4 members (excludes halogenated alkanes) is 1. The van der Waals surface area contributed by atoms with Gasteiger partial charge in [0.25, 0.3) is 0 Å². The van der Waals surface area contributed by atoms with Crippen molar-refractivity contribution in [2.75, 3.05) is 13.3 Å². The Hall–Kier alpha value is -3.43. The Bertz CT molecular complexity index is 1120. The molecule has 2 amide bonds. The minimum absolute atomic E-state index is 0.0226. The van der Waals surface area contributed by atoms with Crippen LogP contribution in [0.15, 0.2) is 91.0 Å². The van der Waals surface area contributed by atoms with E-state index in [1.807, 2.05) is 97.9 Å². The van der Waals surface area contributed by atoms with Crippen LogP contribution in [0, 0.1) is 0 Å². The topological polar surface area (TPSA) is 97.9 Å². The van der Waals surface area contributed by atoms with Gasteiger partial charge >= 0.3 is 6.09 Å². The number of hydrogen-bond donors (Lipinski definition) is 3. The van der Waals surface area contributed by atoms with Crippen molar-refractivity contribution in [2.45, 2.75) is 56.9 Å². The number of nitrogens with one attached hydrogen (secondary N) is 3. The molecule has 0 saturated heterocycles. The zero-order valence-corrected chi connectivity index (χ0v) is 23.5. The van der Waals surface area contributed by atoms with Crippen LogP contribution in [0.3, 0.4) is 0 Å². The zero-order valence-electron chi connectivity index (χ0n) is 22.8. The summed E-state index contributed by atoms with van der Waals surface area (Å²) in [5.74, 6) is -0.229. The monoisotopic (exact) mass is 567 g/mol. The highest BCUT2D eigenvalue weighted by Gasteiger charge is 2.24. The molecular weight excluding hydrogens is 530 g/mol. The van der Waals surface area contributed by atoms with Crippen LogP contribution < -0.4 is 16.1 Å². The maximum atomic E-state index is 13.1. The van der Waals surface area contributed by atoms with Gasteiger partial charge in [0, 0.05) is 12.6 Å². The first-order valence-corrected chi connectivity index (χ1v) is 13.9. The summed E-state index contributed by atoms with van der Waals surface area (Å²) in [5.41, 5.74) is 5.71. The van der Waals surface area contributed by atoms with Gasteiger partial charge in [-0.1, -0.05) is 91.0 Å². The van der Waals surface area contributed by atoms with Crippen molar-refractivity contribution >= 4 is 23.6 Å². The second kappa shape index (κ2) is 18.0. The van der Waals surface area contributed by atoms with Crippen molar-refractivity contribution in [3.8, 4) is 0 Å². The van der Waals surface area contributed by atoms with Gasteiger partial charge in [0.15, 0.2) is 6.79 Å². The maximum absolute atomic E-state index is 13.1. The average molecular weight is 568 g/mol. The van der Waals surface area contributed by atoms with Gasteiger partial charge in [-0.2, -0.15) is 5.48 Å². The Balaban J connectivity index is 1.42. The van der Waals surface area contributed by atoms with Gasteiger partial charge in [-0.25, -0.2) is 4.79 Å². The van der Waals surface area contributed by atoms with E-state index in [9.17, 15) is 9.59 Å². The standard InChI is InChI=1S/C31H38ClN3O5/c1-24(29(32)27-17-9-4-10-18-27)34-30(36)28(35-40-23-38-21-25-13-5-2-6-14-25)19-11-12-20-33-31(37)39-22-26-15-7-3-8-16-26/h2-10,13-18,24,28-29,35H,11-12,19-23H2,1H3,(H,33,37)(H,34,36)/t24-,28-,29?/m0/s1. The number of ether oxygens (including phenoxy) is 2. The predicted octanol–water partition coefficient (Wildman–Crippen LogP) is 5.63. The van der Waals surface area contributed by atoms with Crippen molar-refractivity contribution < 1.29 is 23.9 Å². The predicted molar refractivity (Wildman–Crippen MR) is 155 cm³/mol. The number of carbonyl (C=O) groups excluding carboxylic acids is 2. The number of rotatable bonds is 17. The minimum atomic E-state index is -0.632. The molecule has 0 aromatic heterocycles. The smallest absolute Gasteiger partial charge is 0.407 e. The first-order chi connectivity index (χ1) is 19.5. The van der Waals surface area contributed by atoms with E-state index in [-0.39, 0.29) is 30.7 Å². The largest absolute Gasteiger partial charge is 0.445 e. The molecule has 0 bridgehead atoms. The number of hydrogen-bond acceptors (Lipinski definition) is 6. The Morgan fingerprint density at radius 1 is 0.825 bits per heavy atom. The summed E-state index contributed by atoms with van der Waals surface area (Å²) in [6.45, 7) is 2.88. The number of amides is 2. The van der Waals surface area contributed by atoms with Gasteiger partial charge in [0.1, 0.15) is 12.6 Å². The van der Waals surface area contributed by atoms with Crippen LogP contribution in [0.5, 0.6) is 0 Å². The van der Waals surface area contributed by atoms with E-state index < -0.39 is 12.1 Å². The third-order valence-corrected chi connectivity index (χ3v) is 6.75. The lowest BCUT2D eigenvalue weighted by Gasteiger charge is -2.24. The molecule has 0 saturated carbocycles. The summed E-state index contributed by atoms with van der Waals surface area (Å²) in [5, 5.41) is 5.36. The van der Waals surface area contributed by atoms with Crippen molar-refractivity contribution in [2.24, 2.45) is 0 Å². The minimum Gasteiger partial charge on any atom is -0.445 e. The Kier molecular flexibility index (Phi) is 14.0. The SMILES string of the molecule is C[C@H](NC(=O)[C@H](CCCCNC(=O)OCc1ccccc1)NOCOCc1ccccc1)C(Cl)c1ccccc1. The molecule has 9 heteroatoms. The van der Waals surface area contributed by atoms with Crippen LogP contribution in [0.4, 0.5) is 4.79 Å². The quantitative estimate of drug-likeness (QED) is 0.0846. The molecular formula is C31H38ClN3O5. The number of halogens is 1. The van der Waals surface area contributed by atoms with Crippen LogP contribution >= 0.6 is 11.6 Å². The molecule has 0 heterocycles. The highest BCUT2D eigenvalue weighted by molar-refractivity contribution is 6.21. The first-order valence-electron chi connectivity index (χ1n) is 13.5. The van der Waals surface area contributed by atoms with Gasteiger partial charge in [-0.05, 0) is 42.9 Å². The summed E-state index contributed by atoms with van der Waals surface area (Å²) in [7, 11) is 0. The molecule has 3 rings (SSSR count). The first kappa shape index (κ1) is 31.1. The maximum Gasteiger partial charge on any atom is 0.407 e. The van der Waals surface area contributed by atoms with Gasteiger partial charge < -0.3 is 20.1 Å². The molecule has 1 unspecified atom stereocenters. The molecule has 214 valence electrons.